The minimum atomic E-state index is -1.91. The minimum absolute atomic E-state index is 0.216. The van der Waals surface area contributed by atoms with Gasteiger partial charge in [-0.25, -0.2) is 0 Å². The van der Waals surface area contributed by atoms with Crippen LogP contribution in [0.3, 0.4) is 0 Å². The van der Waals surface area contributed by atoms with Crippen LogP contribution in [0.25, 0.3) is 0 Å². The highest BCUT2D eigenvalue weighted by molar-refractivity contribution is 9.10. The van der Waals surface area contributed by atoms with Gasteiger partial charge in [-0.1, -0.05) is 57.1 Å². The topological polar surface area (TPSA) is 30.0 Å². The fourth-order valence-corrected chi connectivity index (χ4v) is 13.1. The minimum Gasteiger partial charge on any atom is -0.372 e. The molecule has 0 saturated carbocycles. The molecule has 4 fully saturated rings. The Bertz CT molecular complexity index is 1800. The maximum atomic E-state index is 13.3. The first-order chi connectivity index (χ1) is 25.3. The third-order valence-corrected chi connectivity index (χ3v) is 17.2. The van der Waals surface area contributed by atoms with Gasteiger partial charge in [0.05, 0.1) is 0 Å². The number of rotatable bonds is 6. The molecule has 0 radical (unpaired) electrons. The van der Waals surface area contributed by atoms with Crippen LogP contribution in [-0.4, -0.2) is 66.2 Å². The Labute approximate surface area is 328 Å². The summed E-state index contributed by atoms with van der Waals surface area (Å²) < 4.78 is 2.43. The summed E-state index contributed by atoms with van der Waals surface area (Å²) in [5.74, 6) is 0.216. The lowest BCUT2D eigenvalue weighted by atomic mass is 10.0. The Morgan fingerprint density at radius 1 is 0.481 bits per heavy atom. The van der Waals surface area contributed by atoms with E-state index in [0.29, 0.717) is 0 Å². The number of nitrogens with zero attached hydrogens (tertiary/aromatic N) is 4. The van der Waals surface area contributed by atoms with E-state index in [4.69, 9.17) is 0 Å². The molecule has 4 saturated heterocycles. The summed E-state index contributed by atoms with van der Waals surface area (Å²) in [5, 5.41) is 2.64. The normalized spacial score (nSPS) is 19.2. The zero-order valence-corrected chi connectivity index (χ0v) is 35.1. The van der Waals surface area contributed by atoms with Crippen molar-refractivity contribution in [3.05, 3.63) is 104 Å². The zero-order valence-electron chi connectivity index (χ0n) is 30.9. The monoisotopic (exact) mass is 838 g/mol. The average molecular weight is 841 g/mol. The first-order valence-corrected chi connectivity index (χ1v) is 24.3. The van der Waals surface area contributed by atoms with Gasteiger partial charge in [-0.2, -0.15) is 0 Å². The fraction of sp³-hybridized carbons (Fsp3) is 0.432. The number of fused-ring (bicyclic) bond motifs is 2. The van der Waals surface area contributed by atoms with Gasteiger partial charge in [-0.3, -0.25) is 4.79 Å². The summed E-state index contributed by atoms with van der Waals surface area (Å²) in [4.78, 5) is 23.2. The molecule has 272 valence electrons. The number of benzene rings is 4. The molecule has 0 bridgehead atoms. The van der Waals surface area contributed by atoms with Crippen molar-refractivity contribution in [2.24, 2.45) is 0 Å². The van der Waals surface area contributed by atoms with Crippen LogP contribution in [-0.2, 0) is 6.42 Å². The molecular formula is C44H52Br2N4OSi. The second-order valence-electron chi connectivity index (χ2n) is 15.9. The summed E-state index contributed by atoms with van der Waals surface area (Å²) in [5.41, 5.74) is 9.87. The van der Waals surface area contributed by atoms with Crippen LogP contribution in [0.15, 0.2) is 81.7 Å². The van der Waals surface area contributed by atoms with Crippen molar-refractivity contribution >= 4 is 78.8 Å². The van der Waals surface area contributed by atoms with Gasteiger partial charge in [0, 0.05) is 95.2 Å². The highest BCUT2D eigenvalue weighted by atomic mass is 79.9. The summed E-state index contributed by atoms with van der Waals surface area (Å²) in [6.45, 7) is 14.2. The molecule has 9 rings (SSSR count). The molecule has 0 aromatic heterocycles. The molecule has 5 heterocycles. The SMILES string of the molecule is Brc1cc(N2CCCC2)ccc1Cc1ccc(N2CCCC2)cc1Br.C[Si]1(C)c2cc(N3CCCC3)ccc2C(=O)c2ccc(N3CCCC3)cc21. The molecule has 5 aliphatic rings. The van der Waals surface area contributed by atoms with Gasteiger partial charge in [0.15, 0.2) is 5.78 Å². The molecule has 0 N–H and O–H groups in total. The number of ketones is 1. The third-order valence-electron chi connectivity index (χ3n) is 12.2. The van der Waals surface area contributed by atoms with Crippen LogP contribution < -0.4 is 30.0 Å². The number of carbonyl (C=O) groups excluding carboxylic acids is 1. The summed E-state index contributed by atoms with van der Waals surface area (Å²) in [6.07, 6.45) is 11.3. The molecule has 52 heavy (non-hydrogen) atoms. The van der Waals surface area contributed by atoms with Gasteiger partial charge in [0.1, 0.15) is 8.07 Å². The molecule has 5 aliphatic heterocycles. The molecule has 0 unspecified atom stereocenters. The van der Waals surface area contributed by atoms with E-state index in [1.807, 2.05) is 0 Å². The van der Waals surface area contributed by atoms with Gasteiger partial charge in [-0.15, -0.1) is 0 Å². The van der Waals surface area contributed by atoms with Crippen LogP contribution in [0.2, 0.25) is 13.1 Å². The van der Waals surface area contributed by atoms with Crippen molar-refractivity contribution in [2.75, 3.05) is 72.0 Å². The fourth-order valence-electron chi connectivity index (χ4n) is 9.04. The molecule has 4 aromatic rings. The van der Waals surface area contributed by atoms with Gasteiger partial charge < -0.3 is 19.6 Å². The van der Waals surface area contributed by atoms with E-state index in [2.05, 4.69) is 137 Å². The molecule has 0 spiro atoms. The van der Waals surface area contributed by atoms with Crippen molar-refractivity contribution < 1.29 is 4.79 Å². The van der Waals surface area contributed by atoms with Crippen molar-refractivity contribution in [3.8, 4) is 0 Å². The third kappa shape index (κ3) is 7.24. The first kappa shape index (κ1) is 35.9. The Kier molecular flexibility index (Phi) is 10.6. The number of anilines is 4. The van der Waals surface area contributed by atoms with E-state index in [0.717, 1.165) is 43.7 Å². The molecular weight excluding hydrogens is 788 g/mol. The van der Waals surface area contributed by atoms with Crippen LogP contribution in [0.5, 0.6) is 0 Å². The Morgan fingerprint density at radius 3 is 1.12 bits per heavy atom. The molecule has 4 aromatic carbocycles. The van der Waals surface area contributed by atoms with E-state index in [1.165, 1.54) is 131 Å². The number of hydrogen-bond donors (Lipinski definition) is 0. The molecule has 8 heteroatoms. The Morgan fingerprint density at radius 2 is 0.788 bits per heavy atom. The first-order valence-electron chi connectivity index (χ1n) is 19.7. The van der Waals surface area contributed by atoms with Crippen LogP contribution in [0.1, 0.15) is 78.4 Å². The Hall–Kier alpha value is -3.07. The van der Waals surface area contributed by atoms with Crippen molar-refractivity contribution in [3.63, 3.8) is 0 Å². The Balaban J connectivity index is 0.000000149. The van der Waals surface area contributed by atoms with E-state index in [-0.39, 0.29) is 5.78 Å². The summed E-state index contributed by atoms with van der Waals surface area (Å²) >= 11 is 7.59. The van der Waals surface area contributed by atoms with E-state index >= 15 is 0 Å². The highest BCUT2D eigenvalue weighted by Crippen LogP contribution is 2.33. The van der Waals surface area contributed by atoms with Crippen LogP contribution >= 0.6 is 31.9 Å². The lowest BCUT2D eigenvalue weighted by Crippen LogP contribution is -2.60. The van der Waals surface area contributed by atoms with Crippen LogP contribution in [0, 0.1) is 0 Å². The van der Waals surface area contributed by atoms with E-state index in [1.54, 1.807) is 0 Å². The predicted octanol–water partition coefficient (Wildman–Crippen LogP) is 9.26. The molecule has 0 atom stereocenters. The van der Waals surface area contributed by atoms with E-state index in [9.17, 15) is 4.79 Å². The van der Waals surface area contributed by atoms with Gasteiger partial charge >= 0.3 is 0 Å². The average Bonchev–Trinajstić information content (AvgIpc) is 4.01. The maximum Gasteiger partial charge on any atom is 0.192 e. The standard InChI is InChI=1S/C23H28N2OSi.C21H24Br2N2/c1-27(2)21-15-17(24-11-3-4-12-24)7-9-19(21)23(26)20-10-8-18(16-22(20)27)25-13-5-6-14-25;22-20-14-18(24-9-1-2-10-24)7-5-16(20)13-17-6-8-19(15-21(17)23)25-11-3-4-12-25/h7-10,15-16H,3-6,11-14H2,1-2H3;5-8,14-15H,1-4,9-13H2. The lowest BCUT2D eigenvalue weighted by Gasteiger charge is -2.34. The second-order valence-corrected chi connectivity index (χ2v) is 22.0. The van der Waals surface area contributed by atoms with Crippen LogP contribution in [0.4, 0.5) is 22.7 Å². The van der Waals surface area contributed by atoms with Gasteiger partial charge in [0.2, 0.25) is 0 Å². The van der Waals surface area contributed by atoms with Crippen molar-refractivity contribution in [2.45, 2.75) is 70.9 Å². The lowest BCUT2D eigenvalue weighted by molar-refractivity contribution is 0.104. The van der Waals surface area contributed by atoms with Gasteiger partial charge in [0.25, 0.3) is 0 Å². The van der Waals surface area contributed by atoms with Crippen molar-refractivity contribution in [1.29, 1.82) is 0 Å². The van der Waals surface area contributed by atoms with Gasteiger partial charge in [-0.05, 0) is 140 Å². The smallest absolute Gasteiger partial charge is 0.192 e. The number of hydrogen-bond acceptors (Lipinski definition) is 5. The number of halogens is 2. The molecule has 5 nitrogen and oxygen atoms in total. The summed E-state index contributed by atoms with van der Waals surface area (Å²) in [7, 11) is -1.91. The van der Waals surface area contributed by atoms with E-state index < -0.39 is 8.07 Å². The quantitative estimate of drug-likeness (QED) is 0.181. The maximum absolute atomic E-state index is 13.3. The summed E-state index contributed by atoms with van der Waals surface area (Å²) in [6, 6.07) is 26.9. The molecule has 0 amide bonds. The largest absolute Gasteiger partial charge is 0.372 e. The predicted molar refractivity (Wildman–Crippen MR) is 230 cm³/mol. The number of carbonyl (C=O) groups is 1. The zero-order chi connectivity index (χ0) is 35.8. The molecule has 0 aliphatic carbocycles. The highest BCUT2D eigenvalue weighted by Gasteiger charge is 2.39. The second kappa shape index (κ2) is 15.3. The van der Waals surface area contributed by atoms with Crippen molar-refractivity contribution in [1.82, 2.24) is 0 Å².